The SMILES string of the molecule is Brc1ccc2c(c1)OCCC2.CC.CC. The number of hydrogen-bond acceptors (Lipinski definition) is 1. The average molecular weight is 273 g/mol. The summed E-state index contributed by atoms with van der Waals surface area (Å²) in [6.45, 7) is 8.86. The highest BCUT2D eigenvalue weighted by atomic mass is 79.9. The van der Waals surface area contributed by atoms with Crippen LogP contribution >= 0.6 is 15.9 Å². The topological polar surface area (TPSA) is 9.23 Å². The van der Waals surface area contributed by atoms with Gasteiger partial charge >= 0.3 is 0 Å². The van der Waals surface area contributed by atoms with E-state index in [9.17, 15) is 0 Å². The van der Waals surface area contributed by atoms with Crippen molar-refractivity contribution in [3.05, 3.63) is 28.2 Å². The maximum absolute atomic E-state index is 5.47. The Morgan fingerprint density at radius 3 is 2.47 bits per heavy atom. The molecule has 1 aliphatic rings. The average Bonchev–Trinajstić information content (AvgIpc) is 2.34. The normalized spacial score (nSPS) is 12.1. The monoisotopic (exact) mass is 272 g/mol. The van der Waals surface area contributed by atoms with Gasteiger partial charge in [-0.3, -0.25) is 0 Å². The van der Waals surface area contributed by atoms with Crippen molar-refractivity contribution in [1.29, 1.82) is 0 Å². The van der Waals surface area contributed by atoms with Crippen LogP contribution in [0.3, 0.4) is 0 Å². The number of halogens is 1. The minimum atomic E-state index is 0.865. The van der Waals surface area contributed by atoms with Crippen LogP contribution in [0.15, 0.2) is 22.7 Å². The minimum absolute atomic E-state index is 0.865. The minimum Gasteiger partial charge on any atom is -0.493 e. The highest BCUT2D eigenvalue weighted by molar-refractivity contribution is 9.10. The van der Waals surface area contributed by atoms with Gasteiger partial charge in [0.25, 0.3) is 0 Å². The molecule has 1 aromatic carbocycles. The molecule has 2 rings (SSSR count). The molecule has 0 bridgehead atoms. The molecule has 15 heavy (non-hydrogen) atoms. The zero-order valence-electron chi connectivity index (χ0n) is 10.1. The molecule has 0 amide bonds. The summed E-state index contributed by atoms with van der Waals surface area (Å²) in [4.78, 5) is 0. The summed E-state index contributed by atoms with van der Waals surface area (Å²) in [5.41, 5.74) is 1.33. The molecule has 1 aliphatic heterocycles. The van der Waals surface area contributed by atoms with Crippen LogP contribution in [0.4, 0.5) is 0 Å². The molecule has 0 aliphatic carbocycles. The Kier molecular flexibility index (Phi) is 8.49. The summed E-state index contributed by atoms with van der Waals surface area (Å²) in [5.74, 6) is 1.05. The molecule has 0 N–H and O–H groups in total. The summed E-state index contributed by atoms with van der Waals surface area (Å²) in [6.07, 6.45) is 2.30. The summed E-state index contributed by atoms with van der Waals surface area (Å²) in [5, 5.41) is 0. The molecule has 0 radical (unpaired) electrons. The summed E-state index contributed by atoms with van der Waals surface area (Å²) >= 11 is 3.41. The van der Waals surface area contributed by atoms with Crippen LogP contribution in [0.5, 0.6) is 5.75 Å². The maximum atomic E-state index is 5.47. The van der Waals surface area contributed by atoms with Crippen LogP contribution in [0.2, 0.25) is 0 Å². The zero-order valence-corrected chi connectivity index (χ0v) is 11.7. The molecule has 0 saturated heterocycles. The first-order valence-corrected chi connectivity index (χ1v) is 6.57. The Bertz CT molecular complexity index is 271. The first-order chi connectivity index (χ1) is 7.36. The van der Waals surface area contributed by atoms with Crippen LogP contribution in [0, 0.1) is 0 Å². The number of aryl methyl sites for hydroxylation is 1. The lowest BCUT2D eigenvalue weighted by atomic mass is 10.1. The second-order valence-corrected chi connectivity index (χ2v) is 3.62. The molecule has 1 aromatic rings. The summed E-state index contributed by atoms with van der Waals surface area (Å²) in [7, 11) is 0. The first-order valence-electron chi connectivity index (χ1n) is 5.77. The number of benzene rings is 1. The van der Waals surface area contributed by atoms with E-state index in [0.717, 1.165) is 29.7 Å². The van der Waals surface area contributed by atoms with Crippen LogP contribution in [-0.4, -0.2) is 6.61 Å². The van der Waals surface area contributed by atoms with Crippen LogP contribution < -0.4 is 4.74 Å². The van der Waals surface area contributed by atoms with E-state index in [-0.39, 0.29) is 0 Å². The van der Waals surface area contributed by atoms with E-state index >= 15 is 0 Å². The van der Waals surface area contributed by atoms with Gasteiger partial charge in [0.05, 0.1) is 6.61 Å². The van der Waals surface area contributed by atoms with Crippen molar-refractivity contribution < 1.29 is 4.74 Å². The van der Waals surface area contributed by atoms with Gasteiger partial charge in [0, 0.05) is 4.47 Å². The Balaban J connectivity index is 0.000000442. The Hall–Kier alpha value is -0.500. The van der Waals surface area contributed by atoms with Gasteiger partial charge < -0.3 is 4.74 Å². The number of fused-ring (bicyclic) bond motifs is 1. The highest BCUT2D eigenvalue weighted by Gasteiger charge is 2.08. The summed E-state index contributed by atoms with van der Waals surface area (Å²) in [6, 6.07) is 6.22. The zero-order chi connectivity index (χ0) is 11.7. The third kappa shape index (κ3) is 4.70. The maximum Gasteiger partial charge on any atom is 0.123 e. The lowest BCUT2D eigenvalue weighted by Crippen LogP contribution is -2.07. The van der Waals surface area contributed by atoms with Gasteiger partial charge in [0.2, 0.25) is 0 Å². The smallest absolute Gasteiger partial charge is 0.123 e. The van der Waals surface area contributed by atoms with Crippen molar-refractivity contribution in [1.82, 2.24) is 0 Å². The fourth-order valence-electron chi connectivity index (χ4n) is 1.31. The Morgan fingerprint density at radius 2 is 1.80 bits per heavy atom. The predicted molar refractivity (Wildman–Crippen MR) is 70.7 cm³/mol. The number of hydrogen-bond donors (Lipinski definition) is 0. The van der Waals surface area contributed by atoms with Crippen molar-refractivity contribution in [3.63, 3.8) is 0 Å². The fourth-order valence-corrected chi connectivity index (χ4v) is 1.65. The van der Waals surface area contributed by atoms with Crippen molar-refractivity contribution in [2.24, 2.45) is 0 Å². The lowest BCUT2D eigenvalue weighted by molar-refractivity contribution is 0.288. The Labute approximate surface area is 102 Å². The van der Waals surface area contributed by atoms with Crippen molar-refractivity contribution in [3.8, 4) is 5.75 Å². The molecule has 0 atom stereocenters. The van der Waals surface area contributed by atoms with Crippen molar-refractivity contribution in [2.75, 3.05) is 6.61 Å². The fraction of sp³-hybridized carbons (Fsp3) is 0.538. The molecule has 1 heterocycles. The van der Waals surface area contributed by atoms with Crippen LogP contribution in [-0.2, 0) is 6.42 Å². The predicted octanol–water partition coefficient (Wildman–Crippen LogP) is 4.83. The van der Waals surface area contributed by atoms with E-state index in [1.54, 1.807) is 0 Å². The van der Waals surface area contributed by atoms with Crippen molar-refractivity contribution in [2.45, 2.75) is 40.5 Å². The lowest BCUT2D eigenvalue weighted by Gasteiger charge is -2.16. The quantitative estimate of drug-likeness (QED) is 0.658. The van der Waals surface area contributed by atoms with Gasteiger partial charge in [-0.25, -0.2) is 0 Å². The van der Waals surface area contributed by atoms with Gasteiger partial charge in [-0.05, 0) is 30.5 Å². The van der Waals surface area contributed by atoms with Gasteiger partial charge in [0.1, 0.15) is 5.75 Å². The first kappa shape index (κ1) is 14.5. The number of rotatable bonds is 0. The van der Waals surface area contributed by atoms with E-state index in [1.165, 1.54) is 5.56 Å². The van der Waals surface area contributed by atoms with E-state index in [1.807, 2.05) is 33.8 Å². The van der Waals surface area contributed by atoms with Crippen molar-refractivity contribution >= 4 is 15.9 Å². The van der Waals surface area contributed by atoms with E-state index < -0.39 is 0 Å². The summed E-state index contributed by atoms with van der Waals surface area (Å²) < 4.78 is 6.57. The second-order valence-electron chi connectivity index (χ2n) is 2.70. The third-order valence-corrected chi connectivity index (χ3v) is 2.37. The number of ether oxygens (including phenoxy) is 1. The molecule has 0 saturated carbocycles. The molecule has 0 aromatic heterocycles. The molecule has 2 heteroatoms. The van der Waals surface area contributed by atoms with Gasteiger partial charge in [-0.2, -0.15) is 0 Å². The molecule has 0 spiro atoms. The van der Waals surface area contributed by atoms with E-state index in [2.05, 4.69) is 28.1 Å². The van der Waals surface area contributed by atoms with Crippen LogP contribution in [0.1, 0.15) is 39.7 Å². The van der Waals surface area contributed by atoms with Gasteiger partial charge in [-0.15, -0.1) is 0 Å². The highest BCUT2D eigenvalue weighted by Crippen LogP contribution is 2.27. The van der Waals surface area contributed by atoms with Gasteiger partial charge in [-0.1, -0.05) is 49.7 Å². The standard InChI is InChI=1S/C9H9BrO.2C2H6/c10-8-4-3-7-2-1-5-11-9(7)6-8;2*1-2/h3-4,6H,1-2,5H2;2*1-2H3. The van der Waals surface area contributed by atoms with E-state index in [4.69, 9.17) is 4.74 Å². The molecule has 1 nitrogen and oxygen atoms in total. The largest absolute Gasteiger partial charge is 0.493 e. The molecule has 86 valence electrons. The van der Waals surface area contributed by atoms with Crippen LogP contribution in [0.25, 0.3) is 0 Å². The Morgan fingerprint density at radius 1 is 1.13 bits per heavy atom. The molecular weight excluding hydrogens is 252 g/mol. The second kappa shape index (κ2) is 8.78. The third-order valence-electron chi connectivity index (χ3n) is 1.88. The van der Waals surface area contributed by atoms with E-state index in [0.29, 0.717) is 0 Å². The van der Waals surface area contributed by atoms with Gasteiger partial charge in [0.15, 0.2) is 0 Å². The molecule has 0 fully saturated rings. The molecule has 0 unspecified atom stereocenters. The molecular formula is C13H21BrO.